The summed E-state index contributed by atoms with van der Waals surface area (Å²) in [6, 6.07) is 3.63. The maximum absolute atomic E-state index is 11.9. The summed E-state index contributed by atoms with van der Waals surface area (Å²) in [5.41, 5.74) is 5.69. The van der Waals surface area contributed by atoms with Crippen molar-refractivity contribution in [3.05, 3.63) is 22.8 Å². The van der Waals surface area contributed by atoms with Crippen molar-refractivity contribution in [1.82, 2.24) is 9.88 Å². The van der Waals surface area contributed by atoms with E-state index in [1.165, 1.54) is 6.42 Å². The lowest BCUT2D eigenvalue weighted by Crippen LogP contribution is -2.42. The summed E-state index contributed by atoms with van der Waals surface area (Å²) in [6.45, 7) is 3.00. The molecule has 0 saturated carbocycles. The number of aromatic nitrogens is 1. The molecule has 1 amide bonds. The maximum atomic E-state index is 11.9. The van der Waals surface area contributed by atoms with Crippen molar-refractivity contribution >= 4 is 27.7 Å². The van der Waals surface area contributed by atoms with Gasteiger partial charge in [0.15, 0.2) is 0 Å². The third-order valence-electron chi connectivity index (χ3n) is 3.30. The van der Waals surface area contributed by atoms with Crippen molar-refractivity contribution in [3.8, 4) is 0 Å². The fraction of sp³-hybridized carbons (Fsp3) is 0.538. The molecule has 1 saturated heterocycles. The Bertz CT molecular complexity index is 423. The topological polar surface area (TPSA) is 71.2 Å². The molecular weight excluding hydrogens is 308 g/mol. The molecular formula is C13H19BrN4O. The lowest BCUT2D eigenvalue weighted by molar-refractivity contribution is -0.117. The first-order chi connectivity index (χ1) is 9.17. The van der Waals surface area contributed by atoms with Crippen LogP contribution in [0.4, 0.5) is 5.82 Å². The van der Waals surface area contributed by atoms with Gasteiger partial charge < -0.3 is 11.1 Å². The largest absolute Gasteiger partial charge is 0.330 e. The number of carbonyl (C=O) groups excluding carboxylic acids is 1. The van der Waals surface area contributed by atoms with Crippen LogP contribution in [0.15, 0.2) is 22.8 Å². The molecule has 0 bridgehead atoms. The molecule has 1 aliphatic heterocycles. The van der Waals surface area contributed by atoms with Crippen LogP contribution in [-0.4, -0.2) is 42.0 Å². The number of halogens is 1. The minimum atomic E-state index is -0.0208. The highest BCUT2D eigenvalue weighted by Gasteiger charge is 2.20. The van der Waals surface area contributed by atoms with Crippen LogP contribution < -0.4 is 11.1 Å². The number of carbonyl (C=O) groups is 1. The predicted molar refractivity (Wildman–Crippen MR) is 78.8 cm³/mol. The summed E-state index contributed by atoms with van der Waals surface area (Å²) in [7, 11) is 0. The highest BCUT2D eigenvalue weighted by Crippen LogP contribution is 2.15. The van der Waals surface area contributed by atoms with Crippen molar-refractivity contribution in [2.75, 3.05) is 31.5 Å². The van der Waals surface area contributed by atoms with Crippen molar-refractivity contribution in [2.24, 2.45) is 11.7 Å². The monoisotopic (exact) mass is 326 g/mol. The van der Waals surface area contributed by atoms with E-state index < -0.39 is 0 Å². The number of nitrogens with two attached hydrogens (primary N) is 1. The van der Waals surface area contributed by atoms with Crippen molar-refractivity contribution in [2.45, 2.75) is 12.8 Å². The summed E-state index contributed by atoms with van der Waals surface area (Å²) < 4.78 is 0.896. The normalized spacial score (nSPS) is 20.2. The van der Waals surface area contributed by atoms with Gasteiger partial charge in [0.25, 0.3) is 0 Å². The number of rotatable bonds is 4. The lowest BCUT2D eigenvalue weighted by atomic mass is 9.98. The third-order valence-corrected chi connectivity index (χ3v) is 3.77. The Morgan fingerprint density at radius 3 is 3.11 bits per heavy atom. The minimum absolute atomic E-state index is 0.0208. The van der Waals surface area contributed by atoms with Gasteiger partial charge in [0.05, 0.1) is 6.54 Å². The fourth-order valence-electron chi connectivity index (χ4n) is 2.32. The molecule has 104 valence electrons. The molecule has 0 aliphatic carbocycles. The number of likely N-dealkylation sites (tertiary alicyclic amines) is 1. The van der Waals surface area contributed by atoms with Crippen molar-refractivity contribution < 1.29 is 4.79 Å². The van der Waals surface area contributed by atoms with Gasteiger partial charge in [0.1, 0.15) is 5.82 Å². The van der Waals surface area contributed by atoms with Crippen LogP contribution in [0.2, 0.25) is 0 Å². The van der Waals surface area contributed by atoms with Crippen LogP contribution in [0.5, 0.6) is 0 Å². The van der Waals surface area contributed by atoms with E-state index >= 15 is 0 Å². The number of pyridine rings is 1. The van der Waals surface area contributed by atoms with Gasteiger partial charge in [-0.05, 0) is 59.9 Å². The summed E-state index contributed by atoms with van der Waals surface area (Å²) >= 11 is 3.31. The second-order valence-electron chi connectivity index (χ2n) is 4.89. The van der Waals surface area contributed by atoms with Crippen LogP contribution in [0, 0.1) is 5.92 Å². The number of nitrogens with zero attached hydrogens (tertiary/aromatic N) is 2. The van der Waals surface area contributed by atoms with Gasteiger partial charge in [-0.25, -0.2) is 4.98 Å². The smallest absolute Gasteiger partial charge is 0.239 e. The molecule has 2 rings (SSSR count). The predicted octanol–water partition coefficient (Wildman–Crippen LogP) is 1.45. The molecule has 3 N–H and O–H groups in total. The zero-order valence-electron chi connectivity index (χ0n) is 10.8. The molecule has 1 fully saturated rings. The molecule has 1 atom stereocenters. The Hall–Kier alpha value is -0.980. The van der Waals surface area contributed by atoms with Crippen LogP contribution >= 0.6 is 15.9 Å². The molecule has 6 heteroatoms. The Labute approximate surface area is 121 Å². The van der Waals surface area contributed by atoms with Gasteiger partial charge in [-0.3, -0.25) is 9.69 Å². The molecule has 2 heterocycles. The lowest BCUT2D eigenvalue weighted by Gasteiger charge is -2.31. The van der Waals surface area contributed by atoms with E-state index in [1.807, 2.05) is 6.07 Å². The van der Waals surface area contributed by atoms with Crippen molar-refractivity contribution in [1.29, 1.82) is 0 Å². The van der Waals surface area contributed by atoms with E-state index in [-0.39, 0.29) is 5.91 Å². The maximum Gasteiger partial charge on any atom is 0.239 e. The first-order valence-electron chi connectivity index (χ1n) is 6.51. The van der Waals surface area contributed by atoms with Gasteiger partial charge in [-0.15, -0.1) is 0 Å². The molecule has 1 aliphatic rings. The summed E-state index contributed by atoms with van der Waals surface area (Å²) in [6.07, 6.45) is 3.95. The zero-order chi connectivity index (χ0) is 13.7. The second kappa shape index (κ2) is 6.98. The van der Waals surface area contributed by atoms with Gasteiger partial charge in [-0.2, -0.15) is 0 Å². The number of amides is 1. The first-order valence-corrected chi connectivity index (χ1v) is 7.30. The SMILES string of the molecule is NCC1CCCN(CC(=O)Nc2ccc(Br)cn2)C1. The fourth-order valence-corrected chi connectivity index (χ4v) is 2.56. The molecule has 1 aromatic heterocycles. The van der Waals surface area contributed by atoms with Gasteiger partial charge >= 0.3 is 0 Å². The molecule has 0 radical (unpaired) electrons. The highest BCUT2D eigenvalue weighted by molar-refractivity contribution is 9.10. The average molecular weight is 327 g/mol. The minimum Gasteiger partial charge on any atom is -0.330 e. The molecule has 5 nitrogen and oxygen atoms in total. The van der Waals surface area contributed by atoms with E-state index in [9.17, 15) is 4.79 Å². The Morgan fingerprint density at radius 1 is 1.58 bits per heavy atom. The number of nitrogens with one attached hydrogen (secondary N) is 1. The van der Waals surface area contributed by atoms with E-state index in [1.54, 1.807) is 12.3 Å². The first kappa shape index (κ1) is 14.4. The van der Waals surface area contributed by atoms with E-state index in [2.05, 4.69) is 31.1 Å². The molecule has 0 aromatic carbocycles. The van der Waals surface area contributed by atoms with E-state index in [0.717, 1.165) is 24.0 Å². The quantitative estimate of drug-likeness (QED) is 0.878. The van der Waals surface area contributed by atoms with Crippen LogP contribution in [0.3, 0.4) is 0 Å². The van der Waals surface area contributed by atoms with E-state index in [4.69, 9.17) is 5.73 Å². The molecule has 19 heavy (non-hydrogen) atoms. The summed E-state index contributed by atoms with van der Waals surface area (Å²) in [4.78, 5) is 18.2. The molecule has 1 unspecified atom stereocenters. The third kappa shape index (κ3) is 4.56. The Morgan fingerprint density at radius 2 is 2.42 bits per heavy atom. The van der Waals surface area contributed by atoms with Crippen LogP contribution in [-0.2, 0) is 4.79 Å². The standard InChI is InChI=1S/C13H19BrN4O/c14-11-3-4-12(16-7-11)17-13(19)9-18-5-1-2-10(6-15)8-18/h3-4,7,10H,1-2,5-6,8-9,15H2,(H,16,17,19). The number of anilines is 1. The molecule has 1 aromatic rings. The van der Waals surface area contributed by atoms with E-state index in [0.29, 0.717) is 24.8 Å². The van der Waals surface area contributed by atoms with Crippen LogP contribution in [0.1, 0.15) is 12.8 Å². The second-order valence-corrected chi connectivity index (χ2v) is 5.80. The Kier molecular flexibility index (Phi) is 5.30. The van der Waals surface area contributed by atoms with Gasteiger partial charge in [-0.1, -0.05) is 0 Å². The summed E-state index contributed by atoms with van der Waals surface area (Å²) in [5.74, 6) is 1.08. The van der Waals surface area contributed by atoms with Crippen LogP contribution in [0.25, 0.3) is 0 Å². The summed E-state index contributed by atoms with van der Waals surface area (Å²) in [5, 5.41) is 2.81. The molecule has 0 spiro atoms. The highest BCUT2D eigenvalue weighted by atomic mass is 79.9. The van der Waals surface area contributed by atoms with Crippen molar-refractivity contribution in [3.63, 3.8) is 0 Å². The van der Waals surface area contributed by atoms with Gasteiger partial charge in [0.2, 0.25) is 5.91 Å². The number of hydrogen-bond donors (Lipinski definition) is 2. The van der Waals surface area contributed by atoms with Gasteiger partial charge in [0, 0.05) is 17.2 Å². The average Bonchev–Trinajstić information content (AvgIpc) is 2.41. The zero-order valence-corrected chi connectivity index (χ0v) is 12.4. The number of piperidine rings is 1. The number of hydrogen-bond acceptors (Lipinski definition) is 4. The Balaban J connectivity index is 1.82.